The lowest BCUT2D eigenvalue weighted by molar-refractivity contribution is -0.137. The van der Waals surface area contributed by atoms with Crippen molar-refractivity contribution < 1.29 is 18.3 Å². The topological polar surface area (TPSA) is 20.2 Å². The number of alkyl halides is 3. The molecule has 1 N–H and O–H groups in total. The molecule has 0 saturated heterocycles. The van der Waals surface area contributed by atoms with Gasteiger partial charge in [0.1, 0.15) is 0 Å². The molecule has 1 nitrogen and oxygen atoms in total. The molecule has 0 saturated carbocycles. The fourth-order valence-corrected chi connectivity index (χ4v) is 3.01. The zero-order chi connectivity index (χ0) is 14.9. The van der Waals surface area contributed by atoms with Gasteiger partial charge in [0.15, 0.2) is 0 Å². The number of allylic oxidation sites excluding steroid dienone is 2. The van der Waals surface area contributed by atoms with Gasteiger partial charge in [0, 0.05) is 0 Å². The Morgan fingerprint density at radius 2 is 2.00 bits per heavy atom. The van der Waals surface area contributed by atoms with Crippen molar-refractivity contribution in [2.75, 3.05) is 0 Å². The van der Waals surface area contributed by atoms with Crippen molar-refractivity contribution in [2.45, 2.75) is 39.0 Å². The first-order valence-corrected chi connectivity index (χ1v) is 6.80. The highest BCUT2D eigenvalue weighted by molar-refractivity contribution is 5.28. The fraction of sp³-hybridized carbons (Fsp3) is 0.500. The van der Waals surface area contributed by atoms with Crippen LogP contribution in [0, 0.1) is 11.8 Å². The monoisotopic (exact) mass is 284 g/mol. The Morgan fingerprint density at radius 3 is 2.60 bits per heavy atom. The Bertz CT molecular complexity index is 505. The van der Waals surface area contributed by atoms with Crippen LogP contribution in [0.15, 0.2) is 35.9 Å². The lowest BCUT2D eigenvalue weighted by Crippen LogP contribution is -2.19. The first-order valence-electron chi connectivity index (χ1n) is 6.80. The van der Waals surface area contributed by atoms with Gasteiger partial charge in [0.05, 0.1) is 11.7 Å². The van der Waals surface area contributed by atoms with Gasteiger partial charge in [-0.1, -0.05) is 30.7 Å². The molecule has 1 aromatic rings. The van der Waals surface area contributed by atoms with Crippen LogP contribution in [0.2, 0.25) is 0 Å². The Morgan fingerprint density at radius 1 is 1.30 bits per heavy atom. The molecule has 1 aromatic carbocycles. The van der Waals surface area contributed by atoms with Crippen molar-refractivity contribution in [3.05, 3.63) is 47.0 Å². The maximum atomic E-state index is 12.7. The third-order valence-electron chi connectivity index (χ3n) is 3.83. The van der Waals surface area contributed by atoms with Crippen LogP contribution in [0.25, 0.3) is 0 Å². The number of hydrogen-bond acceptors (Lipinski definition) is 1. The van der Waals surface area contributed by atoms with Gasteiger partial charge in [-0.3, -0.25) is 0 Å². The van der Waals surface area contributed by atoms with E-state index in [1.165, 1.54) is 11.6 Å². The molecule has 1 aliphatic rings. The molecule has 0 radical (unpaired) electrons. The number of aliphatic hydroxyl groups is 1. The molecule has 0 spiro atoms. The van der Waals surface area contributed by atoms with E-state index in [0.717, 1.165) is 25.0 Å². The fourth-order valence-electron chi connectivity index (χ4n) is 3.01. The molecule has 0 aromatic heterocycles. The SMILES string of the molecule is CC1=CC(C)CC(C(O)c2cccc(C(F)(F)F)c2)C1. The van der Waals surface area contributed by atoms with Gasteiger partial charge >= 0.3 is 6.18 Å². The molecule has 4 heteroatoms. The van der Waals surface area contributed by atoms with Crippen molar-refractivity contribution in [1.29, 1.82) is 0 Å². The van der Waals surface area contributed by atoms with Crippen LogP contribution >= 0.6 is 0 Å². The molecule has 3 unspecified atom stereocenters. The van der Waals surface area contributed by atoms with Crippen molar-refractivity contribution >= 4 is 0 Å². The summed E-state index contributed by atoms with van der Waals surface area (Å²) in [7, 11) is 0. The highest BCUT2D eigenvalue weighted by Crippen LogP contribution is 2.38. The summed E-state index contributed by atoms with van der Waals surface area (Å²) in [6, 6.07) is 5.02. The average Bonchev–Trinajstić information content (AvgIpc) is 2.36. The maximum absolute atomic E-state index is 12.7. The number of halogens is 3. The first kappa shape index (κ1) is 15.1. The van der Waals surface area contributed by atoms with Gasteiger partial charge < -0.3 is 5.11 Å². The van der Waals surface area contributed by atoms with Crippen molar-refractivity contribution in [2.24, 2.45) is 11.8 Å². The molecule has 0 bridgehead atoms. The van der Waals surface area contributed by atoms with Gasteiger partial charge in [-0.2, -0.15) is 13.2 Å². The summed E-state index contributed by atoms with van der Waals surface area (Å²) in [6.45, 7) is 4.07. The minimum atomic E-state index is -4.37. The standard InChI is InChI=1S/C16H19F3O/c1-10-6-11(2)8-13(7-10)15(20)12-4-3-5-14(9-12)16(17,18)19/h3-6,9-10,13,15,20H,7-8H2,1-2H3. The number of aliphatic hydroxyl groups excluding tert-OH is 1. The second-order valence-electron chi connectivity index (χ2n) is 5.76. The molecule has 0 aliphatic heterocycles. The van der Waals surface area contributed by atoms with Crippen LogP contribution in [0.5, 0.6) is 0 Å². The zero-order valence-electron chi connectivity index (χ0n) is 11.6. The van der Waals surface area contributed by atoms with E-state index in [0.29, 0.717) is 11.5 Å². The second-order valence-corrected chi connectivity index (χ2v) is 5.76. The second kappa shape index (κ2) is 5.60. The summed E-state index contributed by atoms with van der Waals surface area (Å²) < 4.78 is 38.1. The lowest BCUT2D eigenvalue weighted by atomic mass is 9.78. The third-order valence-corrected chi connectivity index (χ3v) is 3.83. The van der Waals surface area contributed by atoms with Crippen LogP contribution in [0.1, 0.15) is 43.9 Å². The van der Waals surface area contributed by atoms with E-state index in [-0.39, 0.29) is 5.92 Å². The van der Waals surface area contributed by atoms with Gasteiger partial charge in [0.2, 0.25) is 0 Å². The molecule has 0 fully saturated rings. The highest BCUT2D eigenvalue weighted by Gasteiger charge is 2.32. The lowest BCUT2D eigenvalue weighted by Gasteiger charge is -2.30. The first-order chi connectivity index (χ1) is 9.27. The summed E-state index contributed by atoms with van der Waals surface area (Å²) in [5.74, 6) is 0.340. The Labute approximate surface area is 117 Å². The van der Waals surface area contributed by atoms with Gasteiger partial charge in [-0.25, -0.2) is 0 Å². The van der Waals surface area contributed by atoms with E-state index in [1.807, 2.05) is 6.92 Å². The summed E-state index contributed by atoms with van der Waals surface area (Å²) >= 11 is 0. The van der Waals surface area contributed by atoms with Crippen LogP contribution in [-0.4, -0.2) is 5.11 Å². The normalized spacial score (nSPS) is 25.2. The summed E-state index contributed by atoms with van der Waals surface area (Å²) in [5.41, 5.74) is 0.844. The third kappa shape index (κ3) is 3.42. The summed E-state index contributed by atoms with van der Waals surface area (Å²) in [4.78, 5) is 0. The van der Waals surface area contributed by atoms with E-state index in [4.69, 9.17) is 0 Å². The molecule has 20 heavy (non-hydrogen) atoms. The molecule has 110 valence electrons. The number of benzene rings is 1. The smallest absolute Gasteiger partial charge is 0.388 e. The van der Waals surface area contributed by atoms with Crippen LogP contribution in [-0.2, 0) is 6.18 Å². The predicted molar refractivity (Wildman–Crippen MR) is 72.0 cm³/mol. The quantitative estimate of drug-likeness (QED) is 0.778. The Kier molecular flexibility index (Phi) is 4.23. The van der Waals surface area contributed by atoms with E-state index < -0.39 is 17.8 Å². The molecular formula is C16H19F3O. The minimum Gasteiger partial charge on any atom is -0.388 e. The van der Waals surface area contributed by atoms with E-state index in [2.05, 4.69) is 13.0 Å². The van der Waals surface area contributed by atoms with Gasteiger partial charge in [-0.15, -0.1) is 0 Å². The summed E-state index contributed by atoms with van der Waals surface area (Å²) in [6.07, 6.45) is -1.51. The predicted octanol–water partition coefficient (Wildman–Crippen LogP) is 4.73. The van der Waals surface area contributed by atoms with Crippen LogP contribution in [0.3, 0.4) is 0 Å². The number of hydrogen-bond donors (Lipinski definition) is 1. The van der Waals surface area contributed by atoms with Crippen molar-refractivity contribution in [3.8, 4) is 0 Å². The summed E-state index contributed by atoms with van der Waals surface area (Å²) in [5, 5.41) is 10.4. The number of rotatable bonds is 2. The molecule has 2 rings (SSSR count). The van der Waals surface area contributed by atoms with Crippen LogP contribution < -0.4 is 0 Å². The molecule has 0 heterocycles. The highest BCUT2D eigenvalue weighted by atomic mass is 19.4. The zero-order valence-corrected chi connectivity index (χ0v) is 11.6. The molecule has 3 atom stereocenters. The minimum absolute atomic E-state index is 0.0153. The van der Waals surface area contributed by atoms with Crippen molar-refractivity contribution in [3.63, 3.8) is 0 Å². The van der Waals surface area contributed by atoms with Gasteiger partial charge in [0.25, 0.3) is 0 Å². The molecular weight excluding hydrogens is 265 g/mol. The van der Waals surface area contributed by atoms with Crippen molar-refractivity contribution in [1.82, 2.24) is 0 Å². The molecule has 1 aliphatic carbocycles. The van der Waals surface area contributed by atoms with E-state index >= 15 is 0 Å². The largest absolute Gasteiger partial charge is 0.416 e. The van der Waals surface area contributed by atoms with Crippen LogP contribution in [0.4, 0.5) is 13.2 Å². The molecule has 0 amide bonds. The average molecular weight is 284 g/mol. The van der Waals surface area contributed by atoms with Gasteiger partial charge in [-0.05, 0) is 49.3 Å². The maximum Gasteiger partial charge on any atom is 0.416 e. The Hall–Kier alpha value is -1.29. The van der Waals surface area contributed by atoms with E-state index in [1.54, 1.807) is 6.07 Å². The van der Waals surface area contributed by atoms with E-state index in [9.17, 15) is 18.3 Å². The Balaban J connectivity index is 2.21.